The molecule has 4 rings (SSSR count). The van der Waals surface area contributed by atoms with Crippen molar-refractivity contribution in [2.45, 2.75) is 20.4 Å². The van der Waals surface area contributed by atoms with E-state index in [1.165, 1.54) is 10.7 Å². The highest BCUT2D eigenvalue weighted by atomic mass is 19.1. The fraction of sp³-hybridized carbons (Fsp3) is 0.136. The number of aryl methyl sites for hydroxylation is 2. The minimum absolute atomic E-state index is 0.300. The molecule has 0 aliphatic carbocycles. The van der Waals surface area contributed by atoms with Crippen molar-refractivity contribution in [1.82, 2.24) is 19.6 Å². The molecule has 29 heavy (non-hydrogen) atoms. The van der Waals surface area contributed by atoms with Gasteiger partial charge in [0.15, 0.2) is 5.82 Å². The van der Waals surface area contributed by atoms with Gasteiger partial charge in [-0.15, -0.1) is 0 Å². The van der Waals surface area contributed by atoms with Crippen LogP contribution in [0.4, 0.5) is 10.1 Å². The van der Waals surface area contributed by atoms with Crippen LogP contribution in [0, 0.1) is 19.7 Å². The van der Waals surface area contributed by atoms with E-state index in [9.17, 15) is 9.18 Å². The van der Waals surface area contributed by atoms with Crippen LogP contribution in [0.1, 0.15) is 27.3 Å². The van der Waals surface area contributed by atoms with Gasteiger partial charge in [-0.05, 0) is 61.9 Å². The number of hydrogen-bond acceptors (Lipinski definition) is 3. The fourth-order valence-electron chi connectivity index (χ4n) is 3.20. The first-order valence-corrected chi connectivity index (χ1v) is 9.20. The van der Waals surface area contributed by atoms with E-state index in [1.807, 2.05) is 42.8 Å². The number of aromatic nitrogens is 4. The van der Waals surface area contributed by atoms with Crippen molar-refractivity contribution in [2.75, 3.05) is 5.32 Å². The van der Waals surface area contributed by atoms with Gasteiger partial charge in [-0.3, -0.25) is 9.48 Å². The predicted molar refractivity (Wildman–Crippen MR) is 109 cm³/mol. The van der Waals surface area contributed by atoms with E-state index < -0.39 is 5.82 Å². The molecule has 0 fully saturated rings. The Kier molecular flexibility index (Phi) is 4.95. The van der Waals surface area contributed by atoms with Crippen LogP contribution in [-0.4, -0.2) is 25.5 Å². The van der Waals surface area contributed by atoms with E-state index in [-0.39, 0.29) is 5.91 Å². The second kappa shape index (κ2) is 7.71. The van der Waals surface area contributed by atoms with Crippen LogP contribution in [0.3, 0.4) is 0 Å². The third-order valence-corrected chi connectivity index (χ3v) is 4.58. The molecule has 7 heteroatoms. The zero-order valence-corrected chi connectivity index (χ0v) is 16.1. The quantitative estimate of drug-likeness (QED) is 0.558. The maximum absolute atomic E-state index is 14.4. The Bertz CT molecular complexity index is 1160. The molecule has 0 aliphatic rings. The molecular formula is C22H20FN5O. The van der Waals surface area contributed by atoms with Crippen molar-refractivity contribution < 1.29 is 9.18 Å². The van der Waals surface area contributed by atoms with Crippen molar-refractivity contribution in [3.8, 4) is 5.69 Å². The Morgan fingerprint density at radius 3 is 2.66 bits per heavy atom. The molecule has 6 nitrogen and oxygen atoms in total. The van der Waals surface area contributed by atoms with Crippen LogP contribution in [0.15, 0.2) is 67.0 Å². The van der Waals surface area contributed by atoms with Gasteiger partial charge in [0.05, 0.1) is 12.2 Å². The van der Waals surface area contributed by atoms with Crippen molar-refractivity contribution in [1.29, 1.82) is 0 Å². The van der Waals surface area contributed by atoms with E-state index in [2.05, 4.69) is 15.5 Å². The van der Waals surface area contributed by atoms with Crippen molar-refractivity contribution in [3.63, 3.8) is 0 Å². The molecule has 0 spiro atoms. The number of hydrogen-bond donors (Lipinski definition) is 1. The van der Waals surface area contributed by atoms with Crippen molar-refractivity contribution in [3.05, 3.63) is 95.3 Å². The third kappa shape index (κ3) is 4.08. The summed E-state index contributed by atoms with van der Waals surface area (Å²) in [6, 6.07) is 15.6. The molecule has 2 heterocycles. The predicted octanol–water partition coefficient (Wildman–Crippen LogP) is 4.13. The minimum atomic E-state index is -0.468. The van der Waals surface area contributed by atoms with Gasteiger partial charge in [0.2, 0.25) is 0 Å². The van der Waals surface area contributed by atoms with Gasteiger partial charge in [-0.25, -0.2) is 9.07 Å². The molecule has 0 atom stereocenters. The monoisotopic (exact) mass is 389 g/mol. The maximum Gasteiger partial charge on any atom is 0.255 e. The van der Waals surface area contributed by atoms with Gasteiger partial charge >= 0.3 is 0 Å². The Labute approximate surface area is 167 Å². The number of nitrogens with one attached hydrogen (secondary N) is 1. The first-order valence-electron chi connectivity index (χ1n) is 9.20. The summed E-state index contributed by atoms with van der Waals surface area (Å²) in [7, 11) is 0. The molecule has 146 valence electrons. The van der Waals surface area contributed by atoms with Gasteiger partial charge in [0.25, 0.3) is 5.91 Å². The summed E-state index contributed by atoms with van der Waals surface area (Å²) in [6.07, 6.45) is 3.24. The SMILES string of the molecule is Cc1cc(C)n(Cc2cccc(C(=O)Nc3ccc(-n4cccn4)c(F)c3)c2)n1. The summed E-state index contributed by atoms with van der Waals surface area (Å²) < 4.78 is 17.7. The Balaban J connectivity index is 1.50. The van der Waals surface area contributed by atoms with Crippen LogP contribution in [0.25, 0.3) is 5.69 Å². The minimum Gasteiger partial charge on any atom is -0.322 e. The summed E-state index contributed by atoms with van der Waals surface area (Å²) in [4.78, 5) is 12.6. The molecule has 1 N–H and O–H groups in total. The van der Waals surface area contributed by atoms with Crippen LogP contribution in [0.2, 0.25) is 0 Å². The molecule has 0 saturated carbocycles. The molecule has 2 aromatic carbocycles. The number of rotatable bonds is 5. The number of benzene rings is 2. The first kappa shape index (κ1) is 18.6. The highest BCUT2D eigenvalue weighted by Crippen LogP contribution is 2.19. The smallest absolute Gasteiger partial charge is 0.255 e. The topological polar surface area (TPSA) is 64.7 Å². The first-order chi connectivity index (χ1) is 14.0. The Morgan fingerprint density at radius 2 is 1.97 bits per heavy atom. The Morgan fingerprint density at radius 1 is 1.10 bits per heavy atom. The average molecular weight is 389 g/mol. The lowest BCUT2D eigenvalue weighted by Gasteiger charge is -2.10. The molecule has 2 aromatic heterocycles. The van der Waals surface area contributed by atoms with Crippen molar-refractivity contribution in [2.24, 2.45) is 0 Å². The zero-order chi connectivity index (χ0) is 20.4. The number of nitrogens with zero attached hydrogens (tertiary/aromatic N) is 4. The lowest BCUT2D eigenvalue weighted by Crippen LogP contribution is -2.13. The summed E-state index contributed by atoms with van der Waals surface area (Å²) in [5.74, 6) is -0.767. The molecule has 1 amide bonds. The van der Waals surface area contributed by atoms with E-state index in [0.29, 0.717) is 23.5 Å². The third-order valence-electron chi connectivity index (χ3n) is 4.58. The van der Waals surface area contributed by atoms with Crippen LogP contribution >= 0.6 is 0 Å². The summed E-state index contributed by atoms with van der Waals surface area (Å²) in [5, 5.41) is 11.2. The zero-order valence-electron chi connectivity index (χ0n) is 16.1. The van der Waals surface area contributed by atoms with Crippen LogP contribution < -0.4 is 5.32 Å². The lowest BCUT2D eigenvalue weighted by atomic mass is 10.1. The van der Waals surface area contributed by atoms with E-state index >= 15 is 0 Å². The van der Waals surface area contributed by atoms with Crippen LogP contribution in [-0.2, 0) is 6.54 Å². The highest BCUT2D eigenvalue weighted by Gasteiger charge is 2.11. The lowest BCUT2D eigenvalue weighted by molar-refractivity contribution is 0.102. The van der Waals surface area contributed by atoms with Crippen molar-refractivity contribution >= 4 is 11.6 Å². The van der Waals surface area contributed by atoms with E-state index in [0.717, 1.165) is 17.0 Å². The number of carbonyl (C=O) groups excluding carboxylic acids is 1. The van der Waals surface area contributed by atoms with Gasteiger partial charge in [-0.2, -0.15) is 10.2 Å². The van der Waals surface area contributed by atoms with Gasteiger partial charge < -0.3 is 5.32 Å². The molecule has 0 bridgehead atoms. The number of halogens is 1. The number of anilines is 1. The summed E-state index contributed by atoms with van der Waals surface area (Å²) in [5.41, 5.74) is 4.18. The molecule has 0 aliphatic heterocycles. The van der Waals surface area contributed by atoms with E-state index in [4.69, 9.17) is 0 Å². The molecule has 0 radical (unpaired) electrons. The summed E-state index contributed by atoms with van der Waals surface area (Å²) in [6.45, 7) is 4.52. The second-order valence-corrected chi connectivity index (χ2v) is 6.86. The largest absolute Gasteiger partial charge is 0.322 e. The standard InChI is InChI=1S/C22H20FN5O/c1-15-11-16(2)28(26-15)14-17-5-3-6-18(12-17)22(29)25-19-7-8-21(20(23)13-19)27-10-4-9-24-27/h3-13H,14H2,1-2H3,(H,25,29). The molecule has 0 unspecified atom stereocenters. The normalized spacial score (nSPS) is 10.9. The fourth-order valence-corrected chi connectivity index (χ4v) is 3.20. The average Bonchev–Trinajstić information content (AvgIpc) is 3.32. The highest BCUT2D eigenvalue weighted by molar-refractivity contribution is 6.04. The number of amides is 1. The van der Waals surface area contributed by atoms with E-state index in [1.54, 1.807) is 36.7 Å². The van der Waals surface area contributed by atoms with Crippen LogP contribution in [0.5, 0.6) is 0 Å². The molecule has 0 saturated heterocycles. The second-order valence-electron chi connectivity index (χ2n) is 6.86. The van der Waals surface area contributed by atoms with Gasteiger partial charge in [-0.1, -0.05) is 12.1 Å². The molecular weight excluding hydrogens is 369 g/mol. The summed E-state index contributed by atoms with van der Waals surface area (Å²) >= 11 is 0. The Hall–Kier alpha value is -3.74. The maximum atomic E-state index is 14.4. The van der Waals surface area contributed by atoms with Gasteiger partial charge in [0.1, 0.15) is 5.69 Å². The van der Waals surface area contributed by atoms with Gasteiger partial charge in [0, 0.05) is 29.3 Å². The number of carbonyl (C=O) groups is 1. The molecule has 4 aromatic rings.